The standard InChI is InChI=1S/C16H33NO/c1-3-4-5-6-7-8-9-10-13-16(18)14-11-12-15(2)17/h15H,3-14,17H2,1-2H3/t15-/m0/s1. The molecule has 0 fully saturated rings. The molecule has 0 aliphatic rings. The van der Waals surface area contributed by atoms with Crippen molar-refractivity contribution in [1.82, 2.24) is 0 Å². The highest BCUT2D eigenvalue weighted by Crippen LogP contribution is 2.11. The van der Waals surface area contributed by atoms with E-state index in [1.54, 1.807) is 0 Å². The third kappa shape index (κ3) is 13.7. The van der Waals surface area contributed by atoms with Gasteiger partial charge in [-0.1, -0.05) is 51.9 Å². The van der Waals surface area contributed by atoms with E-state index < -0.39 is 0 Å². The summed E-state index contributed by atoms with van der Waals surface area (Å²) in [6.07, 6.45) is 13.9. The summed E-state index contributed by atoms with van der Waals surface area (Å²) >= 11 is 0. The Balaban J connectivity index is 3.15. The first-order valence-electron chi connectivity index (χ1n) is 7.94. The van der Waals surface area contributed by atoms with Crippen LogP contribution in [0.1, 0.15) is 90.9 Å². The molecule has 0 bridgehead atoms. The van der Waals surface area contributed by atoms with E-state index in [0.29, 0.717) is 5.78 Å². The van der Waals surface area contributed by atoms with Crippen molar-refractivity contribution in [3.05, 3.63) is 0 Å². The van der Waals surface area contributed by atoms with E-state index in [2.05, 4.69) is 6.92 Å². The Hall–Kier alpha value is -0.370. The van der Waals surface area contributed by atoms with Crippen LogP contribution >= 0.6 is 0 Å². The van der Waals surface area contributed by atoms with Crippen LogP contribution in [0.2, 0.25) is 0 Å². The summed E-state index contributed by atoms with van der Waals surface area (Å²) in [7, 11) is 0. The minimum Gasteiger partial charge on any atom is -0.328 e. The lowest BCUT2D eigenvalue weighted by atomic mass is 10.0. The second-order valence-corrected chi connectivity index (χ2v) is 5.63. The van der Waals surface area contributed by atoms with Gasteiger partial charge in [0, 0.05) is 18.9 Å². The van der Waals surface area contributed by atoms with Gasteiger partial charge in [0.25, 0.3) is 0 Å². The van der Waals surface area contributed by atoms with Crippen LogP contribution in [0.3, 0.4) is 0 Å². The van der Waals surface area contributed by atoms with Crippen molar-refractivity contribution < 1.29 is 4.79 Å². The van der Waals surface area contributed by atoms with Gasteiger partial charge < -0.3 is 5.73 Å². The molecule has 0 amide bonds. The highest BCUT2D eigenvalue weighted by molar-refractivity contribution is 5.78. The van der Waals surface area contributed by atoms with Crippen LogP contribution in [-0.2, 0) is 4.79 Å². The topological polar surface area (TPSA) is 43.1 Å². The van der Waals surface area contributed by atoms with E-state index >= 15 is 0 Å². The predicted octanol–water partition coefficient (Wildman–Crippen LogP) is 4.60. The van der Waals surface area contributed by atoms with Gasteiger partial charge in [-0.3, -0.25) is 4.79 Å². The lowest BCUT2D eigenvalue weighted by molar-refractivity contribution is -0.119. The zero-order valence-electron chi connectivity index (χ0n) is 12.5. The Morgan fingerprint density at radius 2 is 1.39 bits per heavy atom. The number of ketones is 1. The molecular weight excluding hydrogens is 222 g/mol. The van der Waals surface area contributed by atoms with E-state index in [-0.39, 0.29) is 6.04 Å². The molecule has 2 N–H and O–H groups in total. The molecule has 0 aromatic rings. The molecular formula is C16H33NO. The van der Waals surface area contributed by atoms with Crippen molar-refractivity contribution in [3.63, 3.8) is 0 Å². The van der Waals surface area contributed by atoms with E-state index in [0.717, 1.165) is 32.1 Å². The summed E-state index contributed by atoms with van der Waals surface area (Å²) < 4.78 is 0. The summed E-state index contributed by atoms with van der Waals surface area (Å²) in [6.45, 7) is 4.25. The lowest BCUT2D eigenvalue weighted by Crippen LogP contribution is -2.14. The van der Waals surface area contributed by atoms with Crippen LogP contribution in [0.15, 0.2) is 0 Å². The molecule has 1 atom stereocenters. The van der Waals surface area contributed by atoms with Crippen molar-refractivity contribution in [2.24, 2.45) is 5.73 Å². The van der Waals surface area contributed by atoms with Gasteiger partial charge in [0.05, 0.1) is 0 Å². The number of unbranched alkanes of at least 4 members (excludes halogenated alkanes) is 7. The summed E-state index contributed by atoms with van der Waals surface area (Å²) in [4.78, 5) is 11.6. The average Bonchev–Trinajstić information content (AvgIpc) is 2.32. The third-order valence-corrected chi connectivity index (χ3v) is 3.42. The number of hydrogen-bond acceptors (Lipinski definition) is 2. The summed E-state index contributed by atoms with van der Waals surface area (Å²) in [5, 5.41) is 0. The predicted molar refractivity (Wildman–Crippen MR) is 79.7 cm³/mol. The molecule has 0 saturated heterocycles. The van der Waals surface area contributed by atoms with Crippen LogP contribution in [0.25, 0.3) is 0 Å². The van der Waals surface area contributed by atoms with Gasteiger partial charge >= 0.3 is 0 Å². The normalized spacial score (nSPS) is 12.6. The van der Waals surface area contributed by atoms with Crippen LogP contribution < -0.4 is 5.73 Å². The molecule has 0 spiro atoms. The van der Waals surface area contributed by atoms with E-state index in [1.807, 2.05) is 6.92 Å². The number of carbonyl (C=O) groups is 1. The monoisotopic (exact) mass is 255 g/mol. The maximum Gasteiger partial charge on any atom is 0.132 e. The van der Waals surface area contributed by atoms with Gasteiger partial charge in [-0.05, 0) is 26.2 Å². The zero-order valence-corrected chi connectivity index (χ0v) is 12.5. The molecule has 0 aliphatic carbocycles. The first-order chi connectivity index (χ1) is 8.66. The third-order valence-electron chi connectivity index (χ3n) is 3.42. The van der Waals surface area contributed by atoms with Crippen molar-refractivity contribution >= 4 is 5.78 Å². The fraction of sp³-hybridized carbons (Fsp3) is 0.938. The smallest absolute Gasteiger partial charge is 0.132 e. The van der Waals surface area contributed by atoms with Crippen LogP contribution in [0.4, 0.5) is 0 Å². The van der Waals surface area contributed by atoms with Gasteiger partial charge in [-0.2, -0.15) is 0 Å². The van der Waals surface area contributed by atoms with Crippen molar-refractivity contribution in [1.29, 1.82) is 0 Å². The Morgan fingerprint density at radius 3 is 1.94 bits per heavy atom. The first kappa shape index (κ1) is 17.6. The summed E-state index contributed by atoms with van der Waals surface area (Å²) in [6, 6.07) is 0.237. The largest absolute Gasteiger partial charge is 0.328 e. The van der Waals surface area contributed by atoms with E-state index in [9.17, 15) is 4.79 Å². The molecule has 0 aliphatic heterocycles. The average molecular weight is 255 g/mol. The fourth-order valence-corrected chi connectivity index (χ4v) is 2.20. The molecule has 2 nitrogen and oxygen atoms in total. The SMILES string of the molecule is CCCCCCCCCCC(=O)CCC[C@H](C)N. The lowest BCUT2D eigenvalue weighted by Gasteiger charge is -2.04. The molecule has 0 aromatic carbocycles. The molecule has 0 radical (unpaired) electrons. The maximum atomic E-state index is 11.6. The summed E-state index contributed by atoms with van der Waals surface area (Å²) in [5.41, 5.74) is 5.66. The molecule has 0 aromatic heterocycles. The quantitative estimate of drug-likeness (QED) is 0.489. The van der Waals surface area contributed by atoms with Crippen molar-refractivity contribution in [3.8, 4) is 0 Å². The van der Waals surface area contributed by atoms with Crippen molar-refractivity contribution in [2.75, 3.05) is 0 Å². The highest BCUT2D eigenvalue weighted by atomic mass is 16.1. The number of Topliss-reactive ketones (excluding diaryl/α,β-unsaturated/α-hetero) is 1. The Bertz CT molecular complexity index is 190. The second-order valence-electron chi connectivity index (χ2n) is 5.63. The van der Waals surface area contributed by atoms with E-state index in [1.165, 1.54) is 44.9 Å². The summed E-state index contributed by atoms with van der Waals surface area (Å²) in [5.74, 6) is 0.432. The number of rotatable bonds is 13. The van der Waals surface area contributed by atoms with Gasteiger partial charge in [-0.25, -0.2) is 0 Å². The van der Waals surface area contributed by atoms with E-state index in [4.69, 9.17) is 5.73 Å². The van der Waals surface area contributed by atoms with Gasteiger partial charge in [0.2, 0.25) is 0 Å². The Kier molecular flexibility index (Phi) is 12.8. The number of hydrogen-bond donors (Lipinski definition) is 1. The Morgan fingerprint density at radius 1 is 0.889 bits per heavy atom. The number of nitrogens with two attached hydrogens (primary N) is 1. The highest BCUT2D eigenvalue weighted by Gasteiger charge is 2.02. The minimum atomic E-state index is 0.237. The molecule has 18 heavy (non-hydrogen) atoms. The Labute approximate surface area is 114 Å². The fourth-order valence-electron chi connectivity index (χ4n) is 2.20. The second kappa shape index (κ2) is 13.1. The molecule has 0 heterocycles. The molecule has 0 unspecified atom stereocenters. The van der Waals surface area contributed by atoms with Gasteiger partial charge in [0.1, 0.15) is 5.78 Å². The maximum absolute atomic E-state index is 11.6. The molecule has 0 saturated carbocycles. The van der Waals surface area contributed by atoms with Gasteiger partial charge in [0.15, 0.2) is 0 Å². The van der Waals surface area contributed by atoms with Crippen molar-refractivity contribution in [2.45, 2.75) is 96.9 Å². The van der Waals surface area contributed by atoms with Gasteiger partial charge in [-0.15, -0.1) is 0 Å². The van der Waals surface area contributed by atoms with Crippen LogP contribution in [-0.4, -0.2) is 11.8 Å². The zero-order chi connectivity index (χ0) is 13.6. The first-order valence-corrected chi connectivity index (χ1v) is 7.94. The molecule has 108 valence electrons. The number of carbonyl (C=O) groups excluding carboxylic acids is 1. The molecule has 2 heteroatoms. The van der Waals surface area contributed by atoms with Crippen LogP contribution in [0, 0.1) is 0 Å². The molecule has 0 rings (SSSR count). The minimum absolute atomic E-state index is 0.237. The van der Waals surface area contributed by atoms with Crippen LogP contribution in [0.5, 0.6) is 0 Å².